The smallest absolute Gasteiger partial charge is 0.275 e. The highest BCUT2D eigenvalue weighted by atomic mass is 16.3. The molecule has 0 radical (unpaired) electrons. The fourth-order valence-corrected chi connectivity index (χ4v) is 2.03. The molecule has 0 saturated heterocycles. The fourth-order valence-electron chi connectivity index (χ4n) is 2.03. The van der Waals surface area contributed by atoms with Crippen LogP contribution in [0, 0.1) is 6.92 Å². The molecule has 0 aliphatic carbocycles. The van der Waals surface area contributed by atoms with Gasteiger partial charge in [0.1, 0.15) is 0 Å². The highest BCUT2D eigenvalue weighted by molar-refractivity contribution is 5.91. The van der Waals surface area contributed by atoms with Gasteiger partial charge in [-0.1, -0.05) is 22.9 Å². The lowest BCUT2D eigenvalue weighted by Gasteiger charge is -2.24. The summed E-state index contributed by atoms with van der Waals surface area (Å²) in [6, 6.07) is 7.77. The number of hydrogen-bond donors (Lipinski definition) is 1. The van der Waals surface area contributed by atoms with E-state index in [2.05, 4.69) is 10.3 Å². The second kappa shape index (κ2) is 5.65. The third-order valence-electron chi connectivity index (χ3n) is 2.98. The van der Waals surface area contributed by atoms with Gasteiger partial charge in [0.25, 0.3) is 5.91 Å². The Balaban J connectivity index is 2.16. The molecule has 1 aromatic heterocycles. The normalized spacial score (nSPS) is 11.5. The Hall–Kier alpha value is -2.21. The Bertz CT molecular complexity index is 626. The molecule has 1 aromatic carbocycles. The maximum Gasteiger partial charge on any atom is 0.275 e. The topological polar surface area (TPSA) is 71.2 Å². The first-order valence-electron chi connectivity index (χ1n) is 6.73. The van der Waals surface area contributed by atoms with E-state index in [9.17, 15) is 9.90 Å². The molecule has 0 spiro atoms. The Kier molecular flexibility index (Phi) is 4.09. The summed E-state index contributed by atoms with van der Waals surface area (Å²) in [4.78, 5) is 13.7. The molecule has 21 heavy (non-hydrogen) atoms. The number of amides is 1. The van der Waals surface area contributed by atoms with E-state index >= 15 is 0 Å². The van der Waals surface area contributed by atoms with E-state index in [0.717, 1.165) is 11.3 Å². The number of likely N-dealkylation sites (N-methyl/N-ethyl adjacent to an activating group) is 1. The van der Waals surface area contributed by atoms with E-state index in [1.165, 1.54) is 4.90 Å². The van der Waals surface area contributed by atoms with E-state index in [-0.39, 0.29) is 18.1 Å². The summed E-state index contributed by atoms with van der Waals surface area (Å²) in [5.41, 5.74) is 1.30. The zero-order valence-electron chi connectivity index (χ0n) is 12.7. The molecule has 112 valence electrons. The van der Waals surface area contributed by atoms with E-state index < -0.39 is 5.60 Å². The number of aromatic nitrogens is 3. The minimum absolute atomic E-state index is 0.225. The van der Waals surface area contributed by atoms with Crippen LogP contribution in [0.1, 0.15) is 29.9 Å². The van der Waals surface area contributed by atoms with Gasteiger partial charge in [0.15, 0.2) is 5.69 Å². The Morgan fingerprint density at radius 2 is 1.95 bits per heavy atom. The van der Waals surface area contributed by atoms with Gasteiger partial charge in [-0.25, -0.2) is 4.68 Å². The van der Waals surface area contributed by atoms with Gasteiger partial charge in [-0.2, -0.15) is 0 Å². The molecule has 0 saturated carbocycles. The summed E-state index contributed by atoms with van der Waals surface area (Å²) < 4.78 is 1.56. The molecule has 1 N–H and O–H groups in total. The number of carbonyl (C=O) groups excluding carboxylic acids is 1. The van der Waals surface area contributed by atoms with Crippen molar-refractivity contribution in [2.75, 3.05) is 13.6 Å². The molecule has 0 bridgehead atoms. The van der Waals surface area contributed by atoms with Crippen LogP contribution in [-0.4, -0.2) is 50.1 Å². The second-order valence-electron chi connectivity index (χ2n) is 5.86. The van der Waals surface area contributed by atoms with Crippen molar-refractivity contribution in [3.63, 3.8) is 0 Å². The minimum Gasteiger partial charge on any atom is -0.389 e. The van der Waals surface area contributed by atoms with Crippen LogP contribution in [0.3, 0.4) is 0 Å². The summed E-state index contributed by atoms with van der Waals surface area (Å²) in [5.74, 6) is -0.268. The lowest BCUT2D eigenvalue weighted by atomic mass is 10.1. The fraction of sp³-hybridized carbons (Fsp3) is 0.400. The standard InChI is InChI=1S/C15H20N4O2/c1-11-5-7-12(8-6-11)19-9-13(16-17-19)14(20)18(4)10-15(2,3)21/h5-9,21H,10H2,1-4H3. The van der Waals surface area contributed by atoms with Crippen LogP contribution in [-0.2, 0) is 0 Å². The molecule has 2 aromatic rings. The van der Waals surface area contributed by atoms with Gasteiger partial charge < -0.3 is 10.0 Å². The third-order valence-corrected chi connectivity index (χ3v) is 2.98. The van der Waals surface area contributed by atoms with Crippen LogP contribution in [0.4, 0.5) is 0 Å². The SMILES string of the molecule is Cc1ccc(-n2cc(C(=O)N(C)CC(C)(C)O)nn2)cc1. The lowest BCUT2D eigenvalue weighted by Crippen LogP contribution is -2.39. The van der Waals surface area contributed by atoms with E-state index in [0.29, 0.717) is 0 Å². The lowest BCUT2D eigenvalue weighted by molar-refractivity contribution is 0.0365. The summed E-state index contributed by atoms with van der Waals surface area (Å²) in [6.45, 7) is 5.54. The Morgan fingerprint density at radius 3 is 2.52 bits per heavy atom. The largest absolute Gasteiger partial charge is 0.389 e. The van der Waals surface area contributed by atoms with Gasteiger partial charge in [-0.15, -0.1) is 5.10 Å². The van der Waals surface area contributed by atoms with Crippen LogP contribution < -0.4 is 0 Å². The van der Waals surface area contributed by atoms with Crippen molar-refractivity contribution in [3.8, 4) is 5.69 Å². The molecule has 1 amide bonds. The highest BCUT2D eigenvalue weighted by Gasteiger charge is 2.22. The summed E-state index contributed by atoms with van der Waals surface area (Å²) in [6.07, 6.45) is 1.59. The van der Waals surface area contributed by atoms with E-state index in [1.807, 2.05) is 31.2 Å². The van der Waals surface area contributed by atoms with Gasteiger partial charge in [0.05, 0.1) is 17.5 Å². The Morgan fingerprint density at radius 1 is 1.33 bits per heavy atom. The summed E-state index contributed by atoms with van der Waals surface area (Å²) in [7, 11) is 1.63. The highest BCUT2D eigenvalue weighted by Crippen LogP contribution is 2.10. The number of rotatable bonds is 4. The number of benzene rings is 1. The predicted molar refractivity (Wildman–Crippen MR) is 79.4 cm³/mol. The van der Waals surface area contributed by atoms with Crippen molar-refractivity contribution in [3.05, 3.63) is 41.7 Å². The van der Waals surface area contributed by atoms with Crippen LogP contribution in [0.2, 0.25) is 0 Å². The molecule has 6 heteroatoms. The van der Waals surface area contributed by atoms with E-state index in [4.69, 9.17) is 0 Å². The molecule has 0 aliphatic heterocycles. The number of hydrogen-bond acceptors (Lipinski definition) is 4. The van der Waals surface area contributed by atoms with Gasteiger partial charge in [-0.3, -0.25) is 4.79 Å². The summed E-state index contributed by atoms with van der Waals surface area (Å²) >= 11 is 0. The number of nitrogens with zero attached hydrogens (tertiary/aromatic N) is 4. The first-order valence-corrected chi connectivity index (χ1v) is 6.73. The molecule has 1 heterocycles. The van der Waals surface area contributed by atoms with Crippen molar-refractivity contribution in [2.45, 2.75) is 26.4 Å². The zero-order chi connectivity index (χ0) is 15.6. The van der Waals surface area contributed by atoms with Crippen LogP contribution in [0.5, 0.6) is 0 Å². The molecule has 6 nitrogen and oxygen atoms in total. The molecule has 0 fully saturated rings. The minimum atomic E-state index is -0.947. The average Bonchev–Trinajstić information content (AvgIpc) is 2.86. The van der Waals surface area contributed by atoms with Crippen molar-refractivity contribution < 1.29 is 9.90 Å². The number of aliphatic hydroxyl groups is 1. The molecule has 2 rings (SSSR count). The summed E-state index contributed by atoms with van der Waals surface area (Å²) in [5, 5.41) is 17.6. The predicted octanol–water partition coefficient (Wildman–Crippen LogP) is 1.42. The maximum atomic E-state index is 12.2. The van der Waals surface area contributed by atoms with Crippen molar-refractivity contribution in [1.82, 2.24) is 19.9 Å². The maximum absolute atomic E-state index is 12.2. The molecular weight excluding hydrogens is 268 g/mol. The van der Waals surface area contributed by atoms with Gasteiger partial charge in [-0.05, 0) is 32.9 Å². The van der Waals surface area contributed by atoms with Gasteiger partial charge in [0, 0.05) is 13.6 Å². The van der Waals surface area contributed by atoms with Gasteiger partial charge >= 0.3 is 0 Å². The molecule has 0 atom stereocenters. The third kappa shape index (κ3) is 3.88. The van der Waals surface area contributed by atoms with Crippen molar-refractivity contribution in [1.29, 1.82) is 0 Å². The van der Waals surface area contributed by atoms with Crippen molar-refractivity contribution in [2.24, 2.45) is 0 Å². The van der Waals surface area contributed by atoms with Gasteiger partial charge in [0.2, 0.25) is 0 Å². The number of carbonyl (C=O) groups is 1. The monoisotopic (exact) mass is 288 g/mol. The van der Waals surface area contributed by atoms with Crippen LogP contribution >= 0.6 is 0 Å². The van der Waals surface area contributed by atoms with E-state index in [1.54, 1.807) is 31.8 Å². The first-order chi connectivity index (χ1) is 9.76. The average molecular weight is 288 g/mol. The first kappa shape index (κ1) is 15.2. The van der Waals surface area contributed by atoms with Crippen LogP contribution in [0.15, 0.2) is 30.5 Å². The quantitative estimate of drug-likeness (QED) is 0.923. The second-order valence-corrected chi connectivity index (χ2v) is 5.86. The number of aryl methyl sites for hydroxylation is 1. The molecular formula is C15H20N4O2. The molecule has 0 unspecified atom stereocenters. The Labute approximate surface area is 124 Å². The van der Waals surface area contributed by atoms with Crippen LogP contribution in [0.25, 0.3) is 5.69 Å². The van der Waals surface area contributed by atoms with Crippen molar-refractivity contribution >= 4 is 5.91 Å². The zero-order valence-corrected chi connectivity index (χ0v) is 12.7. The molecule has 0 aliphatic rings.